The van der Waals surface area contributed by atoms with Gasteiger partial charge in [-0.2, -0.15) is 0 Å². The van der Waals surface area contributed by atoms with Crippen molar-refractivity contribution in [2.75, 3.05) is 37.0 Å². The second kappa shape index (κ2) is 9.19. The van der Waals surface area contributed by atoms with Crippen LogP contribution in [0.1, 0.15) is 37.8 Å². The lowest BCUT2D eigenvalue weighted by Gasteiger charge is -2.28. The zero-order valence-electron chi connectivity index (χ0n) is 18.3. The molecular weight excluding hydrogens is 424 g/mol. The Morgan fingerprint density at radius 2 is 1.84 bits per heavy atom. The molecule has 0 unspecified atom stereocenters. The van der Waals surface area contributed by atoms with Crippen LogP contribution >= 0.6 is 0 Å². The summed E-state index contributed by atoms with van der Waals surface area (Å²) < 4.78 is 31.6. The molecule has 8 heteroatoms. The highest BCUT2D eigenvalue weighted by Gasteiger charge is 2.24. The molecule has 1 aliphatic heterocycles. The predicted molar refractivity (Wildman–Crippen MR) is 126 cm³/mol. The Balaban J connectivity index is 1.47. The molecule has 1 aliphatic carbocycles. The zero-order valence-corrected chi connectivity index (χ0v) is 19.1. The molecule has 1 saturated heterocycles. The monoisotopic (exact) mass is 454 g/mol. The molecule has 0 amide bonds. The third kappa shape index (κ3) is 4.96. The van der Waals surface area contributed by atoms with E-state index >= 15 is 0 Å². The van der Waals surface area contributed by atoms with Crippen LogP contribution in [0.3, 0.4) is 0 Å². The van der Waals surface area contributed by atoms with Gasteiger partial charge in [0.15, 0.2) is 15.7 Å². The molecule has 2 fully saturated rings. The summed E-state index contributed by atoms with van der Waals surface area (Å²) in [6.07, 6.45) is 7.44. The Hall–Kier alpha value is -2.45. The van der Waals surface area contributed by atoms with Crippen LogP contribution in [0.25, 0.3) is 22.3 Å². The first-order valence-corrected chi connectivity index (χ1v) is 13.4. The summed E-state index contributed by atoms with van der Waals surface area (Å²) in [5, 5.41) is 1.08. The van der Waals surface area contributed by atoms with E-state index in [4.69, 9.17) is 14.7 Å². The number of nitrogens with one attached hydrogen (secondary N) is 1. The van der Waals surface area contributed by atoms with Crippen molar-refractivity contribution >= 4 is 26.6 Å². The molecule has 0 spiro atoms. The Labute approximate surface area is 189 Å². The fraction of sp³-hybridized carbons (Fsp3) is 0.500. The lowest BCUT2D eigenvalue weighted by Crippen LogP contribution is -2.37. The van der Waals surface area contributed by atoms with Crippen molar-refractivity contribution in [1.29, 1.82) is 0 Å². The topological polar surface area (TPSA) is 88.2 Å². The number of hydrogen-bond donors (Lipinski definition) is 1. The van der Waals surface area contributed by atoms with Crippen molar-refractivity contribution in [2.24, 2.45) is 5.92 Å². The molecular formula is C24H30N4O3S. The fourth-order valence-electron chi connectivity index (χ4n) is 4.83. The number of morpholine rings is 1. The van der Waals surface area contributed by atoms with Gasteiger partial charge >= 0.3 is 0 Å². The van der Waals surface area contributed by atoms with Crippen LogP contribution in [0.5, 0.6) is 0 Å². The molecule has 170 valence electrons. The van der Waals surface area contributed by atoms with Crippen molar-refractivity contribution in [1.82, 2.24) is 15.0 Å². The van der Waals surface area contributed by atoms with Gasteiger partial charge in [0.25, 0.3) is 0 Å². The molecule has 2 aliphatic rings. The summed E-state index contributed by atoms with van der Waals surface area (Å²) in [5.41, 5.74) is 2.51. The molecule has 3 heterocycles. The number of anilines is 1. The second-order valence-corrected chi connectivity index (χ2v) is 11.1. The fourth-order valence-corrected chi connectivity index (χ4v) is 6.60. The van der Waals surface area contributed by atoms with E-state index in [1.54, 1.807) is 0 Å². The van der Waals surface area contributed by atoms with Crippen molar-refractivity contribution < 1.29 is 13.2 Å². The molecule has 3 aromatic rings. The number of hydrogen-bond acceptors (Lipinski definition) is 6. The number of aromatic nitrogens is 3. The van der Waals surface area contributed by atoms with E-state index in [2.05, 4.69) is 9.88 Å². The third-order valence-corrected chi connectivity index (χ3v) is 8.21. The Bertz CT molecular complexity index is 1180. The van der Waals surface area contributed by atoms with Crippen molar-refractivity contribution in [3.8, 4) is 11.4 Å². The minimum atomic E-state index is -3.24. The first-order valence-electron chi connectivity index (χ1n) is 11.5. The molecule has 5 rings (SSSR count). The minimum Gasteiger partial charge on any atom is -0.378 e. The van der Waals surface area contributed by atoms with Gasteiger partial charge in [0.2, 0.25) is 0 Å². The molecule has 0 atom stereocenters. The Morgan fingerprint density at radius 1 is 1.03 bits per heavy atom. The van der Waals surface area contributed by atoms with E-state index in [9.17, 15) is 8.42 Å². The standard InChI is InChI=1S/C24H30N4O3S/c29-32(30,16-18-4-2-1-3-5-18)17-21-15-23(28-10-12-31-13-11-28)27-24(26-21)20-6-7-22-19(14-20)8-9-25-22/h6-9,14-15,18,25H,1-5,10-13,16-17H2. The van der Waals surface area contributed by atoms with Gasteiger partial charge in [-0.3, -0.25) is 0 Å². The first-order chi connectivity index (χ1) is 15.6. The zero-order chi connectivity index (χ0) is 22.0. The van der Waals surface area contributed by atoms with Gasteiger partial charge in [-0.1, -0.05) is 19.3 Å². The first kappa shape index (κ1) is 21.4. The molecule has 1 aromatic carbocycles. The summed E-state index contributed by atoms with van der Waals surface area (Å²) in [4.78, 5) is 14.9. The quantitative estimate of drug-likeness (QED) is 0.607. The average molecular weight is 455 g/mol. The van der Waals surface area contributed by atoms with E-state index in [1.807, 2.05) is 36.5 Å². The summed E-state index contributed by atoms with van der Waals surface area (Å²) in [7, 11) is -3.24. The van der Waals surface area contributed by atoms with Gasteiger partial charge in [-0.15, -0.1) is 0 Å². The lowest BCUT2D eigenvalue weighted by molar-refractivity contribution is 0.122. The molecule has 1 N–H and O–H groups in total. The number of H-pyrrole nitrogens is 1. The number of ether oxygens (including phenoxy) is 1. The van der Waals surface area contributed by atoms with Gasteiger partial charge in [-0.05, 0) is 43.0 Å². The van der Waals surface area contributed by atoms with Crippen LogP contribution in [0.15, 0.2) is 36.5 Å². The molecule has 0 radical (unpaired) electrons. The van der Waals surface area contributed by atoms with Gasteiger partial charge in [0.1, 0.15) is 5.82 Å². The van der Waals surface area contributed by atoms with Crippen LogP contribution in [0.4, 0.5) is 5.82 Å². The van der Waals surface area contributed by atoms with Gasteiger partial charge in [0.05, 0.1) is 30.4 Å². The molecule has 7 nitrogen and oxygen atoms in total. The van der Waals surface area contributed by atoms with Gasteiger partial charge in [-0.25, -0.2) is 18.4 Å². The largest absolute Gasteiger partial charge is 0.378 e. The number of rotatable bonds is 6. The Kier molecular flexibility index (Phi) is 6.15. The van der Waals surface area contributed by atoms with E-state index in [0.29, 0.717) is 24.7 Å². The highest BCUT2D eigenvalue weighted by Crippen LogP contribution is 2.28. The molecule has 32 heavy (non-hydrogen) atoms. The molecule has 0 bridgehead atoms. The smallest absolute Gasteiger partial charge is 0.161 e. The maximum Gasteiger partial charge on any atom is 0.161 e. The van der Waals surface area contributed by atoms with E-state index in [-0.39, 0.29) is 17.4 Å². The van der Waals surface area contributed by atoms with Crippen LogP contribution in [-0.4, -0.2) is 55.4 Å². The maximum absolute atomic E-state index is 13.0. The summed E-state index contributed by atoms with van der Waals surface area (Å²) in [5.74, 6) is 1.84. The summed E-state index contributed by atoms with van der Waals surface area (Å²) in [6.45, 7) is 2.76. The average Bonchev–Trinajstić information content (AvgIpc) is 3.27. The number of benzene rings is 1. The van der Waals surface area contributed by atoms with Crippen LogP contribution in [-0.2, 0) is 20.3 Å². The molecule has 1 saturated carbocycles. The normalized spacial score (nSPS) is 18.3. The maximum atomic E-state index is 13.0. The number of nitrogens with zero attached hydrogens (tertiary/aromatic N) is 3. The van der Waals surface area contributed by atoms with Crippen molar-refractivity contribution in [3.63, 3.8) is 0 Å². The van der Waals surface area contributed by atoms with Crippen LogP contribution in [0.2, 0.25) is 0 Å². The third-order valence-electron chi connectivity index (χ3n) is 6.49. The van der Waals surface area contributed by atoms with Crippen LogP contribution < -0.4 is 4.90 Å². The summed E-state index contributed by atoms with van der Waals surface area (Å²) in [6, 6.07) is 9.90. The highest BCUT2D eigenvalue weighted by atomic mass is 32.2. The Morgan fingerprint density at radius 3 is 2.66 bits per heavy atom. The van der Waals surface area contributed by atoms with E-state index in [0.717, 1.165) is 61.1 Å². The number of sulfone groups is 1. The number of aromatic amines is 1. The predicted octanol–water partition coefficient (Wildman–Crippen LogP) is 3.96. The van der Waals surface area contributed by atoms with Gasteiger partial charge in [0, 0.05) is 41.8 Å². The van der Waals surface area contributed by atoms with E-state index < -0.39 is 9.84 Å². The van der Waals surface area contributed by atoms with Crippen LogP contribution in [0, 0.1) is 5.92 Å². The summed E-state index contributed by atoms with van der Waals surface area (Å²) >= 11 is 0. The SMILES string of the molecule is O=S(=O)(Cc1cc(N2CCOCC2)nc(-c2ccc3[nH]ccc3c2)n1)CC1CCCCC1. The van der Waals surface area contributed by atoms with Crippen molar-refractivity contribution in [3.05, 3.63) is 42.2 Å². The molecule has 2 aromatic heterocycles. The lowest BCUT2D eigenvalue weighted by atomic mass is 9.91. The van der Waals surface area contributed by atoms with Gasteiger partial charge < -0.3 is 14.6 Å². The van der Waals surface area contributed by atoms with E-state index in [1.165, 1.54) is 6.42 Å². The minimum absolute atomic E-state index is 0.0389. The highest BCUT2D eigenvalue weighted by molar-refractivity contribution is 7.90. The second-order valence-electron chi connectivity index (χ2n) is 8.98. The van der Waals surface area contributed by atoms with Crippen molar-refractivity contribution in [2.45, 2.75) is 37.9 Å². The number of fused-ring (bicyclic) bond motifs is 1.